The molecule has 0 radical (unpaired) electrons. The van der Waals surface area contributed by atoms with Crippen molar-refractivity contribution in [3.05, 3.63) is 36.6 Å². The summed E-state index contributed by atoms with van der Waals surface area (Å²) in [7, 11) is 1.32. The van der Waals surface area contributed by atoms with Gasteiger partial charge in [-0.15, -0.1) is 0 Å². The second kappa shape index (κ2) is 8.16. The summed E-state index contributed by atoms with van der Waals surface area (Å²) in [5.41, 5.74) is 0.355. The molecule has 0 aromatic heterocycles. The fourth-order valence-corrected chi connectivity index (χ4v) is 1.42. The zero-order valence-corrected chi connectivity index (χ0v) is 11.2. The van der Waals surface area contributed by atoms with Crippen LogP contribution < -0.4 is 9.47 Å². The van der Waals surface area contributed by atoms with Gasteiger partial charge in [0.15, 0.2) is 0 Å². The van der Waals surface area contributed by atoms with Crippen LogP contribution in [0.3, 0.4) is 0 Å². The minimum atomic E-state index is -0.454. The lowest BCUT2D eigenvalue weighted by Crippen LogP contribution is -2.07. The van der Waals surface area contributed by atoms with Gasteiger partial charge >= 0.3 is 5.97 Å². The number of ether oxygens (including phenoxy) is 4. The third kappa shape index (κ3) is 5.01. The summed E-state index contributed by atoms with van der Waals surface area (Å²) in [6, 6.07) is 4.82. The molecule has 5 nitrogen and oxygen atoms in total. The number of hydrogen-bond donors (Lipinski definition) is 0. The Morgan fingerprint density at radius 3 is 2.63 bits per heavy atom. The molecular formula is C14H18O5. The number of carbonyl (C=O) groups is 1. The molecule has 0 amide bonds. The van der Waals surface area contributed by atoms with Gasteiger partial charge in [-0.25, -0.2) is 4.79 Å². The van der Waals surface area contributed by atoms with Crippen LogP contribution in [-0.4, -0.2) is 32.9 Å². The van der Waals surface area contributed by atoms with E-state index in [9.17, 15) is 4.79 Å². The Morgan fingerprint density at radius 1 is 1.26 bits per heavy atom. The second-order valence-corrected chi connectivity index (χ2v) is 3.51. The molecule has 1 aromatic carbocycles. The van der Waals surface area contributed by atoms with E-state index in [0.717, 1.165) is 0 Å². The smallest absolute Gasteiger partial charge is 0.338 e. The summed E-state index contributed by atoms with van der Waals surface area (Å²) in [6.45, 7) is 6.89. The summed E-state index contributed by atoms with van der Waals surface area (Å²) in [6.07, 6.45) is 1.28. The van der Waals surface area contributed by atoms with Crippen molar-refractivity contribution in [3.8, 4) is 11.5 Å². The molecule has 0 saturated heterocycles. The first-order valence-corrected chi connectivity index (χ1v) is 5.92. The van der Waals surface area contributed by atoms with E-state index in [2.05, 4.69) is 11.3 Å². The van der Waals surface area contributed by atoms with Crippen LogP contribution in [0.1, 0.15) is 17.3 Å². The Kier molecular flexibility index (Phi) is 6.46. The van der Waals surface area contributed by atoms with Crippen LogP contribution in [0, 0.1) is 0 Å². The molecule has 0 heterocycles. The molecule has 1 rings (SSSR count). The zero-order chi connectivity index (χ0) is 14.1. The van der Waals surface area contributed by atoms with Crippen LogP contribution >= 0.6 is 0 Å². The highest BCUT2D eigenvalue weighted by molar-refractivity contribution is 5.90. The predicted molar refractivity (Wildman–Crippen MR) is 70.6 cm³/mol. The molecule has 0 spiro atoms. The molecule has 0 aliphatic rings. The molecule has 0 fully saturated rings. The molecule has 104 valence electrons. The Labute approximate surface area is 112 Å². The third-order valence-electron chi connectivity index (χ3n) is 2.22. The van der Waals surface area contributed by atoms with Crippen LogP contribution in [0.15, 0.2) is 31.0 Å². The third-order valence-corrected chi connectivity index (χ3v) is 2.22. The highest BCUT2D eigenvalue weighted by Gasteiger charge is 2.10. The van der Waals surface area contributed by atoms with E-state index in [0.29, 0.717) is 36.9 Å². The lowest BCUT2D eigenvalue weighted by molar-refractivity contribution is 0.0599. The molecule has 0 atom stereocenters. The van der Waals surface area contributed by atoms with Crippen LogP contribution in [0.2, 0.25) is 0 Å². The van der Waals surface area contributed by atoms with E-state index in [1.54, 1.807) is 18.2 Å². The summed E-state index contributed by atoms with van der Waals surface area (Å²) in [4.78, 5) is 11.5. The maximum atomic E-state index is 11.5. The standard InChI is InChI=1S/C14H18O5/c1-4-17-6-7-19-13-9-11(14(15)16-3)8-12(10-13)18-5-2/h5,8-10H,2,4,6-7H2,1,3H3. The fourth-order valence-electron chi connectivity index (χ4n) is 1.42. The van der Waals surface area contributed by atoms with Gasteiger partial charge in [-0.2, -0.15) is 0 Å². The fraction of sp³-hybridized carbons (Fsp3) is 0.357. The molecular weight excluding hydrogens is 248 g/mol. The summed E-state index contributed by atoms with van der Waals surface area (Å²) in [5, 5.41) is 0. The maximum Gasteiger partial charge on any atom is 0.338 e. The molecule has 0 aliphatic heterocycles. The molecule has 0 N–H and O–H groups in total. The van der Waals surface area contributed by atoms with Gasteiger partial charge in [0, 0.05) is 12.7 Å². The van der Waals surface area contributed by atoms with Gasteiger partial charge in [0.25, 0.3) is 0 Å². The second-order valence-electron chi connectivity index (χ2n) is 3.51. The molecule has 5 heteroatoms. The topological polar surface area (TPSA) is 54.0 Å². The minimum absolute atomic E-state index is 0.355. The maximum absolute atomic E-state index is 11.5. The molecule has 0 unspecified atom stereocenters. The van der Waals surface area contributed by atoms with Gasteiger partial charge in [0.05, 0.1) is 25.5 Å². The zero-order valence-electron chi connectivity index (χ0n) is 11.2. The Hall–Kier alpha value is -2.01. The van der Waals surface area contributed by atoms with Crippen LogP contribution in [0.5, 0.6) is 11.5 Å². The first kappa shape index (κ1) is 15.0. The molecule has 19 heavy (non-hydrogen) atoms. The van der Waals surface area contributed by atoms with Crippen molar-refractivity contribution in [2.45, 2.75) is 6.92 Å². The predicted octanol–water partition coefficient (Wildman–Crippen LogP) is 2.41. The van der Waals surface area contributed by atoms with Crippen molar-refractivity contribution in [1.29, 1.82) is 0 Å². The molecule has 0 bridgehead atoms. The van der Waals surface area contributed by atoms with Crippen molar-refractivity contribution < 1.29 is 23.7 Å². The van der Waals surface area contributed by atoms with E-state index in [-0.39, 0.29) is 0 Å². The molecule has 0 saturated carbocycles. The summed E-state index contributed by atoms with van der Waals surface area (Å²) in [5.74, 6) is 0.521. The molecule has 0 aliphatic carbocycles. The van der Waals surface area contributed by atoms with Crippen molar-refractivity contribution in [3.63, 3.8) is 0 Å². The normalized spacial score (nSPS) is 9.79. The Morgan fingerprint density at radius 2 is 2.00 bits per heavy atom. The SMILES string of the molecule is C=COc1cc(OCCOCC)cc(C(=O)OC)c1. The minimum Gasteiger partial charge on any atom is -0.491 e. The van der Waals surface area contributed by atoms with Gasteiger partial charge < -0.3 is 18.9 Å². The van der Waals surface area contributed by atoms with Crippen molar-refractivity contribution in [1.82, 2.24) is 0 Å². The lowest BCUT2D eigenvalue weighted by Gasteiger charge is -2.10. The number of hydrogen-bond acceptors (Lipinski definition) is 5. The van der Waals surface area contributed by atoms with Gasteiger partial charge in [0.1, 0.15) is 18.1 Å². The summed E-state index contributed by atoms with van der Waals surface area (Å²) < 4.78 is 20.5. The largest absolute Gasteiger partial charge is 0.491 e. The van der Waals surface area contributed by atoms with Gasteiger partial charge in [-0.1, -0.05) is 6.58 Å². The Bertz CT molecular complexity index is 428. The van der Waals surface area contributed by atoms with E-state index in [4.69, 9.17) is 14.2 Å². The molecule has 1 aromatic rings. The van der Waals surface area contributed by atoms with Gasteiger partial charge in [0.2, 0.25) is 0 Å². The van der Waals surface area contributed by atoms with Gasteiger partial charge in [-0.3, -0.25) is 0 Å². The number of methoxy groups -OCH3 is 1. The summed E-state index contributed by atoms with van der Waals surface area (Å²) >= 11 is 0. The van der Waals surface area contributed by atoms with Crippen LogP contribution in [0.4, 0.5) is 0 Å². The highest BCUT2D eigenvalue weighted by atomic mass is 16.5. The van der Waals surface area contributed by atoms with Crippen LogP contribution in [0.25, 0.3) is 0 Å². The number of benzene rings is 1. The number of rotatable bonds is 8. The lowest BCUT2D eigenvalue weighted by atomic mass is 10.2. The van der Waals surface area contributed by atoms with Crippen molar-refractivity contribution >= 4 is 5.97 Å². The van der Waals surface area contributed by atoms with Crippen molar-refractivity contribution in [2.24, 2.45) is 0 Å². The quantitative estimate of drug-likeness (QED) is 0.411. The average Bonchev–Trinajstić information content (AvgIpc) is 2.43. The first-order chi connectivity index (χ1) is 9.21. The van der Waals surface area contributed by atoms with Crippen LogP contribution in [-0.2, 0) is 9.47 Å². The average molecular weight is 266 g/mol. The number of carbonyl (C=O) groups excluding carboxylic acids is 1. The van der Waals surface area contributed by atoms with E-state index < -0.39 is 5.97 Å². The highest BCUT2D eigenvalue weighted by Crippen LogP contribution is 2.23. The van der Waals surface area contributed by atoms with Gasteiger partial charge in [-0.05, 0) is 19.1 Å². The van der Waals surface area contributed by atoms with E-state index in [1.807, 2.05) is 6.92 Å². The first-order valence-electron chi connectivity index (χ1n) is 5.92. The monoisotopic (exact) mass is 266 g/mol. The van der Waals surface area contributed by atoms with E-state index in [1.165, 1.54) is 13.4 Å². The van der Waals surface area contributed by atoms with Crippen molar-refractivity contribution in [2.75, 3.05) is 26.9 Å². The van der Waals surface area contributed by atoms with E-state index >= 15 is 0 Å². The number of esters is 1. The Balaban J connectivity index is 2.80.